The second-order valence-electron chi connectivity index (χ2n) is 8.00. The summed E-state index contributed by atoms with van der Waals surface area (Å²) >= 11 is 0. The minimum absolute atomic E-state index is 0.102. The average Bonchev–Trinajstić information content (AvgIpc) is 3.15. The van der Waals surface area contributed by atoms with Gasteiger partial charge in [0.1, 0.15) is 11.4 Å². The lowest BCUT2D eigenvalue weighted by Crippen LogP contribution is -2.46. The van der Waals surface area contributed by atoms with Crippen molar-refractivity contribution < 1.29 is 23.8 Å². The molecule has 4 rings (SSSR count). The van der Waals surface area contributed by atoms with E-state index in [9.17, 15) is 9.59 Å². The summed E-state index contributed by atoms with van der Waals surface area (Å²) in [4.78, 5) is 31.3. The van der Waals surface area contributed by atoms with Gasteiger partial charge in [0, 0.05) is 49.4 Å². The van der Waals surface area contributed by atoms with Crippen molar-refractivity contribution in [3.63, 3.8) is 0 Å². The fourth-order valence-electron chi connectivity index (χ4n) is 4.21. The molecule has 1 fully saturated rings. The number of carbonyl (C=O) groups excluding carboxylic acids is 2. The molecule has 2 aliphatic heterocycles. The summed E-state index contributed by atoms with van der Waals surface area (Å²) in [5, 5.41) is 0. The van der Waals surface area contributed by atoms with Gasteiger partial charge in [-0.3, -0.25) is 0 Å². The smallest absolute Gasteiger partial charge is 0.355 e. The molecule has 8 nitrogen and oxygen atoms in total. The number of carbonyl (C=O) groups is 2. The maximum absolute atomic E-state index is 12.6. The molecule has 0 aliphatic carbocycles. The van der Waals surface area contributed by atoms with Gasteiger partial charge in [0.05, 0.1) is 26.9 Å². The van der Waals surface area contributed by atoms with E-state index in [0.29, 0.717) is 0 Å². The van der Waals surface area contributed by atoms with Gasteiger partial charge in [0.15, 0.2) is 0 Å². The molecule has 1 saturated heterocycles. The van der Waals surface area contributed by atoms with Crippen LogP contribution in [0.3, 0.4) is 0 Å². The lowest BCUT2D eigenvalue weighted by Gasteiger charge is -2.37. The van der Waals surface area contributed by atoms with E-state index in [4.69, 9.17) is 14.2 Å². The second kappa shape index (κ2) is 10.8. The largest absolute Gasteiger partial charge is 0.497 e. The van der Waals surface area contributed by atoms with Gasteiger partial charge in [0.25, 0.3) is 0 Å². The molecule has 0 radical (unpaired) electrons. The van der Waals surface area contributed by atoms with E-state index in [0.717, 1.165) is 43.3 Å². The monoisotopic (exact) mass is 475 g/mol. The standard InChI is InChI=1S/C27H29N3O5/c1-33-23-13-11-21(12-14-23)29-18-16-28(17-19-29)20-7-9-22(10-8-20)30-15-5-4-6-24(26(31)34-2)25(30)27(32)35-3/h4-15H,16-19H2,1-3H3. The topological polar surface area (TPSA) is 71.6 Å². The van der Waals surface area contributed by atoms with Crippen LogP contribution in [0.1, 0.15) is 0 Å². The molecule has 0 saturated carbocycles. The first-order chi connectivity index (χ1) is 17.0. The van der Waals surface area contributed by atoms with Crippen molar-refractivity contribution in [3.05, 3.63) is 84.2 Å². The normalized spacial score (nSPS) is 15.7. The Morgan fingerprint density at radius 3 is 1.71 bits per heavy atom. The van der Waals surface area contributed by atoms with Crippen molar-refractivity contribution in [2.24, 2.45) is 0 Å². The highest BCUT2D eigenvalue weighted by Gasteiger charge is 2.27. The summed E-state index contributed by atoms with van der Waals surface area (Å²) in [7, 11) is 4.24. The number of nitrogens with zero attached hydrogens (tertiary/aromatic N) is 3. The number of piperazine rings is 1. The molecule has 2 aromatic carbocycles. The fourth-order valence-corrected chi connectivity index (χ4v) is 4.21. The van der Waals surface area contributed by atoms with Gasteiger partial charge < -0.3 is 28.9 Å². The molecule has 2 heterocycles. The first kappa shape index (κ1) is 23.9. The Kier molecular flexibility index (Phi) is 7.40. The molecule has 0 unspecified atom stereocenters. The molecule has 0 amide bonds. The summed E-state index contributed by atoms with van der Waals surface area (Å²) in [5.41, 5.74) is 3.24. The first-order valence-corrected chi connectivity index (χ1v) is 11.3. The summed E-state index contributed by atoms with van der Waals surface area (Å²) in [5.74, 6) is -0.381. The van der Waals surface area contributed by atoms with Crippen LogP contribution >= 0.6 is 0 Å². The van der Waals surface area contributed by atoms with E-state index in [1.54, 1.807) is 36.4 Å². The van der Waals surface area contributed by atoms with E-state index >= 15 is 0 Å². The number of ether oxygens (including phenoxy) is 3. The van der Waals surface area contributed by atoms with E-state index in [1.165, 1.54) is 19.9 Å². The highest BCUT2D eigenvalue weighted by atomic mass is 16.5. The van der Waals surface area contributed by atoms with Crippen molar-refractivity contribution in [3.8, 4) is 5.75 Å². The minimum Gasteiger partial charge on any atom is -0.497 e. The van der Waals surface area contributed by atoms with Crippen LogP contribution in [0, 0.1) is 0 Å². The highest BCUT2D eigenvalue weighted by molar-refractivity contribution is 6.05. The van der Waals surface area contributed by atoms with Gasteiger partial charge in [-0.15, -0.1) is 0 Å². The van der Waals surface area contributed by atoms with Gasteiger partial charge in [-0.1, -0.05) is 6.08 Å². The van der Waals surface area contributed by atoms with Crippen molar-refractivity contribution >= 4 is 29.0 Å². The Morgan fingerprint density at radius 1 is 0.686 bits per heavy atom. The van der Waals surface area contributed by atoms with E-state index < -0.39 is 11.9 Å². The van der Waals surface area contributed by atoms with Crippen LogP contribution in [0.2, 0.25) is 0 Å². The summed E-state index contributed by atoms with van der Waals surface area (Å²) in [6.07, 6.45) is 6.71. The predicted octanol–water partition coefficient (Wildman–Crippen LogP) is 3.51. The Morgan fingerprint density at radius 2 is 1.20 bits per heavy atom. The quantitative estimate of drug-likeness (QED) is 0.588. The van der Waals surface area contributed by atoms with Gasteiger partial charge in [-0.2, -0.15) is 0 Å². The van der Waals surface area contributed by atoms with Crippen molar-refractivity contribution in [2.75, 3.05) is 62.2 Å². The minimum atomic E-state index is -0.625. The number of methoxy groups -OCH3 is 3. The molecule has 0 N–H and O–H groups in total. The van der Waals surface area contributed by atoms with Gasteiger partial charge in [0.2, 0.25) is 0 Å². The van der Waals surface area contributed by atoms with Crippen LogP contribution in [0.25, 0.3) is 0 Å². The number of rotatable bonds is 6. The molecule has 2 aliphatic rings. The third kappa shape index (κ3) is 5.16. The summed E-state index contributed by atoms with van der Waals surface area (Å²) < 4.78 is 15.1. The zero-order valence-electron chi connectivity index (χ0n) is 20.1. The van der Waals surface area contributed by atoms with E-state index in [1.807, 2.05) is 36.4 Å². The van der Waals surface area contributed by atoms with Crippen LogP contribution in [-0.2, 0) is 19.1 Å². The van der Waals surface area contributed by atoms with Gasteiger partial charge >= 0.3 is 11.9 Å². The third-order valence-electron chi connectivity index (χ3n) is 6.10. The maximum atomic E-state index is 12.6. The van der Waals surface area contributed by atoms with Crippen LogP contribution in [0.5, 0.6) is 5.75 Å². The molecule has 35 heavy (non-hydrogen) atoms. The number of hydrogen-bond donors (Lipinski definition) is 0. The summed E-state index contributed by atoms with van der Waals surface area (Å²) in [6, 6.07) is 16.0. The van der Waals surface area contributed by atoms with E-state index in [-0.39, 0.29) is 11.3 Å². The predicted molar refractivity (Wildman–Crippen MR) is 136 cm³/mol. The number of hydrogen-bond acceptors (Lipinski definition) is 8. The van der Waals surface area contributed by atoms with Crippen molar-refractivity contribution in [1.29, 1.82) is 0 Å². The van der Waals surface area contributed by atoms with Crippen LogP contribution in [-0.4, -0.2) is 59.4 Å². The highest BCUT2D eigenvalue weighted by Crippen LogP contribution is 2.29. The third-order valence-corrected chi connectivity index (χ3v) is 6.10. The zero-order chi connectivity index (χ0) is 24.8. The first-order valence-electron chi connectivity index (χ1n) is 11.3. The number of allylic oxidation sites excluding steroid dienone is 2. The number of anilines is 3. The molecule has 0 bridgehead atoms. The molecule has 0 atom stereocenters. The SMILES string of the molecule is COC(=O)C1=C(C(=O)OC)N(c2ccc(N3CCN(c4ccc(OC)cc4)CC3)cc2)C=CC=C1. The lowest BCUT2D eigenvalue weighted by molar-refractivity contribution is -0.139. The zero-order valence-corrected chi connectivity index (χ0v) is 20.1. The molecule has 0 spiro atoms. The van der Waals surface area contributed by atoms with Crippen molar-refractivity contribution in [2.45, 2.75) is 0 Å². The molecule has 182 valence electrons. The molecule has 0 aromatic heterocycles. The van der Waals surface area contributed by atoms with Crippen LogP contribution in [0.4, 0.5) is 17.1 Å². The summed E-state index contributed by atoms with van der Waals surface area (Å²) in [6.45, 7) is 3.59. The van der Waals surface area contributed by atoms with Gasteiger partial charge in [-0.25, -0.2) is 9.59 Å². The molecular weight excluding hydrogens is 446 g/mol. The Hall–Kier alpha value is -4.20. The Balaban J connectivity index is 1.50. The molecule has 2 aromatic rings. The lowest BCUT2D eigenvalue weighted by atomic mass is 10.1. The Labute approximate surface area is 205 Å². The average molecular weight is 476 g/mol. The Bertz CT molecular complexity index is 1140. The number of benzene rings is 2. The van der Waals surface area contributed by atoms with Crippen molar-refractivity contribution in [1.82, 2.24) is 0 Å². The fraction of sp³-hybridized carbons (Fsp3) is 0.259. The molecular formula is C27H29N3O5. The second-order valence-corrected chi connectivity index (χ2v) is 8.00. The van der Waals surface area contributed by atoms with Gasteiger partial charge in [-0.05, 0) is 60.7 Å². The van der Waals surface area contributed by atoms with Crippen LogP contribution < -0.4 is 19.4 Å². The molecule has 8 heteroatoms. The van der Waals surface area contributed by atoms with Crippen LogP contribution in [0.15, 0.2) is 84.2 Å². The van der Waals surface area contributed by atoms with E-state index in [2.05, 4.69) is 21.9 Å². The number of esters is 2. The maximum Gasteiger partial charge on any atom is 0.355 e.